The summed E-state index contributed by atoms with van der Waals surface area (Å²) in [5, 5.41) is 5.04. The molecule has 0 spiro atoms. The Labute approximate surface area is 115 Å². The second kappa shape index (κ2) is 4.85. The molecular formula is C14H12N2O2S. The molecule has 0 fully saturated rings. The van der Waals surface area contributed by atoms with Crippen LogP contribution in [-0.2, 0) is 6.42 Å². The van der Waals surface area contributed by atoms with Gasteiger partial charge in [-0.2, -0.15) is 4.98 Å². The maximum absolute atomic E-state index is 5.27. The summed E-state index contributed by atoms with van der Waals surface area (Å²) in [7, 11) is 1.67. The highest BCUT2D eigenvalue weighted by Gasteiger charge is 2.06. The summed E-state index contributed by atoms with van der Waals surface area (Å²) in [6.07, 6.45) is 0.643. The highest BCUT2D eigenvalue weighted by molar-refractivity contribution is 7.71. The van der Waals surface area contributed by atoms with Gasteiger partial charge in [0.15, 0.2) is 0 Å². The van der Waals surface area contributed by atoms with Crippen LogP contribution < -0.4 is 4.74 Å². The molecule has 0 aliphatic carbocycles. The van der Waals surface area contributed by atoms with Gasteiger partial charge < -0.3 is 9.26 Å². The van der Waals surface area contributed by atoms with E-state index in [-0.39, 0.29) is 4.84 Å². The van der Waals surface area contributed by atoms with Crippen molar-refractivity contribution < 1.29 is 9.26 Å². The second-order valence-electron chi connectivity index (χ2n) is 4.21. The number of hydrogen-bond donors (Lipinski definition) is 1. The summed E-state index contributed by atoms with van der Waals surface area (Å²) < 4.78 is 10.2. The van der Waals surface area contributed by atoms with Crippen LogP contribution >= 0.6 is 12.2 Å². The van der Waals surface area contributed by atoms with Gasteiger partial charge in [0.05, 0.1) is 7.11 Å². The average molecular weight is 272 g/mol. The Morgan fingerprint density at radius 3 is 2.95 bits per heavy atom. The Bertz CT molecular complexity index is 776. The fraction of sp³-hybridized carbons (Fsp3) is 0.143. The summed E-state index contributed by atoms with van der Waals surface area (Å²) >= 11 is 4.86. The van der Waals surface area contributed by atoms with Crippen LogP contribution in [0.15, 0.2) is 40.9 Å². The first-order chi connectivity index (χ1) is 9.26. The molecule has 0 amide bonds. The summed E-state index contributed by atoms with van der Waals surface area (Å²) in [5.74, 6) is 1.56. The maximum Gasteiger partial charge on any atom is 0.314 e. The van der Waals surface area contributed by atoms with Gasteiger partial charge in [0, 0.05) is 6.42 Å². The molecule has 0 radical (unpaired) electrons. The normalized spacial score (nSPS) is 10.8. The second-order valence-corrected chi connectivity index (χ2v) is 4.56. The first kappa shape index (κ1) is 11.9. The van der Waals surface area contributed by atoms with Gasteiger partial charge in [-0.15, -0.1) is 0 Å². The van der Waals surface area contributed by atoms with Crippen molar-refractivity contribution in [3.63, 3.8) is 0 Å². The van der Waals surface area contributed by atoms with E-state index in [1.54, 1.807) is 7.11 Å². The van der Waals surface area contributed by atoms with Crippen molar-refractivity contribution in [1.29, 1.82) is 0 Å². The quantitative estimate of drug-likeness (QED) is 0.742. The molecule has 5 heteroatoms. The van der Waals surface area contributed by atoms with Crippen molar-refractivity contribution in [2.24, 2.45) is 0 Å². The molecule has 1 N–H and O–H groups in total. The number of aromatic nitrogens is 2. The fourth-order valence-electron chi connectivity index (χ4n) is 2.11. The van der Waals surface area contributed by atoms with E-state index in [4.69, 9.17) is 21.5 Å². The molecule has 2 aromatic carbocycles. The number of benzene rings is 2. The topological polar surface area (TPSA) is 51.1 Å². The smallest absolute Gasteiger partial charge is 0.314 e. The summed E-state index contributed by atoms with van der Waals surface area (Å²) in [6, 6.07) is 12.2. The molecule has 0 aliphatic rings. The average Bonchev–Trinajstić information content (AvgIpc) is 2.84. The predicted molar refractivity (Wildman–Crippen MR) is 75.0 cm³/mol. The van der Waals surface area contributed by atoms with Crippen molar-refractivity contribution in [3.05, 3.63) is 52.6 Å². The van der Waals surface area contributed by atoms with E-state index < -0.39 is 0 Å². The molecule has 0 unspecified atom stereocenters. The number of fused-ring (bicyclic) bond motifs is 1. The highest BCUT2D eigenvalue weighted by atomic mass is 32.1. The van der Waals surface area contributed by atoms with Crippen molar-refractivity contribution >= 4 is 23.0 Å². The lowest BCUT2D eigenvalue weighted by molar-refractivity contribution is 0.399. The van der Waals surface area contributed by atoms with Gasteiger partial charge in [-0.25, -0.2) is 5.16 Å². The molecule has 0 aliphatic heterocycles. The third kappa shape index (κ3) is 2.37. The molecule has 0 atom stereocenters. The summed E-state index contributed by atoms with van der Waals surface area (Å²) in [4.78, 5) is 4.35. The number of nitrogens with one attached hydrogen (secondary N) is 1. The van der Waals surface area contributed by atoms with Crippen LogP contribution in [0.5, 0.6) is 5.75 Å². The van der Waals surface area contributed by atoms with E-state index >= 15 is 0 Å². The van der Waals surface area contributed by atoms with Gasteiger partial charge in [-0.1, -0.05) is 24.3 Å². The van der Waals surface area contributed by atoms with E-state index in [2.05, 4.69) is 22.3 Å². The SMILES string of the molecule is COc1ccc2cccc(Cc3nc(=S)o[nH]3)c2c1. The minimum Gasteiger partial charge on any atom is -0.497 e. The summed E-state index contributed by atoms with van der Waals surface area (Å²) in [5.41, 5.74) is 1.15. The monoisotopic (exact) mass is 272 g/mol. The molecule has 3 rings (SSSR count). The lowest BCUT2D eigenvalue weighted by Crippen LogP contribution is -1.93. The van der Waals surface area contributed by atoms with E-state index in [0.717, 1.165) is 22.5 Å². The number of rotatable bonds is 3. The van der Waals surface area contributed by atoms with Crippen molar-refractivity contribution in [1.82, 2.24) is 10.1 Å². The molecule has 0 saturated heterocycles. The lowest BCUT2D eigenvalue weighted by atomic mass is 10.0. The van der Waals surface area contributed by atoms with Crippen LogP contribution in [-0.4, -0.2) is 17.3 Å². The Kier molecular flexibility index (Phi) is 3.05. The van der Waals surface area contributed by atoms with Gasteiger partial charge >= 0.3 is 4.84 Å². The Morgan fingerprint density at radius 1 is 1.32 bits per heavy atom. The van der Waals surface area contributed by atoms with Crippen molar-refractivity contribution in [2.75, 3.05) is 7.11 Å². The standard InChI is InChI=1S/C14H12N2O2S/c1-17-11-6-5-9-3-2-4-10(12(9)8-11)7-13-15-14(19)18-16-13/h2-6,8H,7H2,1H3,(H,15,16,19). The zero-order valence-electron chi connectivity index (χ0n) is 10.3. The molecule has 0 saturated carbocycles. The maximum atomic E-state index is 5.27. The number of aromatic amines is 1. The zero-order valence-corrected chi connectivity index (χ0v) is 11.2. The van der Waals surface area contributed by atoms with Crippen LogP contribution in [0, 0.1) is 4.84 Å². The molecule has 1 heterocycles. The highest BCUT2D eigenvalue weighted by Crippen LogP contribution is 2.25. The molecule has 1 aromatic heterocycles. The van der Waals surface area contributed by atoms with Crippen molar-refractivity contribution in [2.45, 2.75) is 6.42 Å². The van der Waals surface area contributed by atoms with Gasteiger partial charge in [0.1, 0.15) is 11.6 Å². The minimum absolute atomic E-state index is 0.229. The first-order valence-electron chi connectivity index (χ1n) is 5.86. The van der Waals surface area contributed by atoms with Crippen molar-refractivity contribution in [3.8, 4) is 5.75 Å². The number of ether oxygens (including phenoxy) is 1. The van der Waals surface area contributed by atoms with Gasteiger partial charge in [-0.3, -0.25) is 0 Å². The number of methoxy groups -OCH3 is 1. The molecule has 4 nitrogen and oxygen atoms in total. The predicted octanol–water partition coefficient (Wildman–Crippen LogP) is 3.48. The van der Waals surface area contributed by atoms with Crippen LogP contribution in [0.1, 0.15) is 11.4 Å². The van der Waals surface area contributed by atoms with Gasteiger partial charge in [-0.05, 0) is 40.7 Å². The Morgan fingerprint density at radius 2 is 2.21 bits per heavy atom. The van der Waals surface area contributed by atoms with Crippen LogP contribution in [0.3, 0.4) is 0 Å². The number of hydrogen-bond acceptors (Lipinski definition) is 4. The third-order valence-corrected chi connectivity index (χ3v) is 3.19. The fourth-order valence-corrected chi connectivity index (χ4v) is 2.26. The molecule has 3 aromatic rings. The van der Waals surface area contributed by atoms with Crippen LogP contribution in [0.2, 0.25) is 0 Å². The summed E-state index contributed by atoms with van der Waals surface area (Å²) in [6.45, 7) is 0. The molecule has 19 heavy (non-hydrogen) atoms. The zero-order chi connectivity index (χ0) is 13.2. The van der Waals surface area contributed by atoms with E-state index in [0.29, 0.717) is 6.42 Å². The van der Waals surface area contributed by atoms with E-state index in [9.17, 15) is 0 Å². The number of H-pyrrole nitrogens is 1. The lowest BCUT2D eigenvalue weighted by Gasteiger charge is -2.07. The first-order valence-corrected chi connectivity index (χ1v) is 6.27. The molecule has 0 bridgehead atoms. The largest absolute Gasteiger partial charge is 0.497 e. The van der Waals surface area contributed by atoms with Gasteiger partial charge in [0.25, 0.3) is 0 Å². The number of nitrogens with zero attached hydrogens (tertiary/aromatic N) is 1. The van der Waals surface area contributed by atoms with E-state index in [1.165, 1.54) is 5.39 Å². The van der Waals surface area contributed by atoms with Crippen LogP contribution in [0.4, 0.5) is 0 Å². The Hall–Kier alpha value is -2.14. The minimum atomic E-state index is 0.229. The molecule has 96 valence electrons. The Balaban J connectivity index is 2.09. The van der Waals surface area contributed by atoms with Gasteiger partial charge in [0.2, 0.25) is 0 Å². The van der Waals surface area contributed by atoms with E-state index in [1.807, 2.05) is 24.3 Å². The van der Waals surface area contributed by atoms with Crippen LogP contribution in [0.25, 0.3) is 10.8 Å². The molecular weight excluding hydrogens is 260 g/mol. The third-order valence-electron chi connectivity index (χ3n) is 3.02.